The fourth-order valence-corrected chi connectivity index (χ4v) is 2.92. The van der Waals surface area contributed by atoms with Crippen molar-refractivity contribution in [3.63, 3.8) is 0 Å². The van der Waals surface area contributed by atoms with Crippen molar-refractivity contribution in [3.05, 3.63) is 53.1 Å². The number of aryl methyl sites for hydroxylation is 1. The molecule has 0 aliphatic carbocycles. The van der Waals surface area contributed by atoms with Crippen LogP contribution in [0, 0.1) is 0 Å². The zero-order valence-corrected chi connectivity index (χ0v) is 14.1. The molecule has 0 bridgehead atoms. The van der Waals surface area contributed by atoms with Crippen LogP contribution in [0.5, 0.6) is 11.5 Å². The number of phenolic OH excluding ortho intramolecular Hbond substituents is 1. The standard InChI is InChI=1S/C19H18ClNO3/c1-2-24-18-11-13(4-6-17(18)22)10-15-14-9-12(7-8-20)3-5-16(14)21-19(15)23/h3-6,9-11,22H,2,7-8H2,1H3,(H,21,23). The second-order valence-corrected chi connectivity index (χ2v) is 5.87. The Labute approximate surface area is 145 Å². The maximum atomic E-state index is 12.3. The normalized spacial score (nSPS) is 14.6. The predicted molar refractivity (Wildman–Crippen MR) is 96.6 cm³/mol. The lowest BCUT2D eigenvalue weighted by Crippen LogP contribution is -2.03. The Kier molecular flexibility index (Phi) is 4.76. The first-order valence-electron chi connectivity index (χ1n) is 7.80. The summed E-state index contributed by atoms with van der Waals surface area (Å²) in [5.41, 5.74) is 4.14. The number of benzene rings is 2. The van der Waals surface area contributed by atoms with Gasteiger partial charge in [-0.2, -0.15) is 0 Å². The summed E-state index contributed by atoms with van der Waals surface area (Å²) >= 11 is 5.81. The van der Waals surface area contributed by atoms with Gasteiger partial charge in [0.05, 0.1) is 6.61 Å². The summed E-state index contributed by atoms with van der Waals surface area (Å²) in [5, 5.41) is 12.7. The van der Waals surface area contributed by atoms with Crippen molar-refractivity contribution in [2.24, 2.45) is 0 Å². The molecule has 1 aliphatic heterocycles. The van der Waals surface area contributed by atoms with Gasteiger partial charge in [0.2, 0.25) is 0 Å². The van der Waals surface area contributed by atoms with Gasteiger partial charge in [0.15, 0.2) is 11.5 Å². The zero-order chi connectivity index (χ0) is 17.1. The first-order chi connectivity index (χ1) is 11.6. The van der Waals surface area contributed by atoms with E-state index in [9.17, 15) is 9.90 Å². The smallest absolute Gasteiger partial charge is 0.256 e. The number of rotatable bonds is 5. The molecule has 0 spiro atoms. The molecule has 4 nitrogen and oxygen atoms in total. The van der Waals surface area contributed by atoms with Crippen LogP contribution in [-0.4, -0.2) is 23.5 Å². The Bertz CT molecular complexity index is 814. The largest absolute Gasteiger partial charge is 0.504 e. The maximum absolute atomic E-state index is 12.3. The monoisotopic (exact) mass is 343 g/mol. The third-order valence-electron chi connectivity index (χ3n) is 3.84. The van der Waals surface area contributed by atoms with Crippen LogP contribution in [-0.2, 0) is 11.2 Å². The van der Waals surface area contributed by atoms with Crippen LogP contribution in [0.25, 0.3) is 11.6 Å². The number of fused-ring (bicyclic) bond motifs is 1. The van der Waals surface area contributed by atoms with Crippen molar-refractivity contribution in [1.82, 2.24) is 0 Å². The fourth-order valence-electron chi connectivity index (χ4n) is 2.70. The van der Waals surface area contributed by atoms with Crippen LogP contribution in [0.1, 0.15) is 23.6 Å². The summed E-state index contributed by atoms with van der Waals surface area (Å²) < 4.78 is 5.39. The zero-order valence-electron chi connectivity index (χ0n) is 13.3. The van der Waals surface area contributed by atoms with E-state index in [2.05, 4.69) is 5.32 Å². The Balaban J connectivity index is 2.01. The average molecular weight is 344 g/mol. The minimum absolute atomic E-state index is 0.0830. The van der Waals surface area contributed by atoms with E-state index < -0.39 is 0 Å². The van der Waals surface area contributed by atoms with Gasteiger partial charge in [-0.15, -0.1) is 11.6 Å². The van der Waals surface area contributed by atoms with Crippen LogP contribution < -0.4 is 10.1 Å². The van der Waals surface area contributed by atoms with E-state index in [4.69, 9.17) is 16.3 Å². The summed E-state index contributed by atoms with van der Waals surface area (Å²) in [5.74, 6) is 0.884. The lowest BCUT2D eigenvalue weighted by molar-refractivity contribution is -0.110. The molecular weight excluding hydrogens is 326 g/mol. The number of ether oxygens (including phenoxy) is 1. The molecule has 0 atom stereocenters. The van der Waals surface area contributed by atoms with Gasteiger partial charge >= 0.3 is 0 Å². The van der Waals surface area contributed by atoms with E-state index in [-0.39, 0.29) is 11.7 Å². The topological polar surface area (TPSA) is 58.6 Å². The molecule has 0 aromatic heterocycles. The van der Waals surface area contributed by atoms with E-state index in [1.165, 1.54) is 0 Å². The Morgan fingerprint density at radius 1 is 1.25 bits per heavy atom. The fraction of sp³-hybridized carbons (Fsp3) is 0.211. The van der Waals surface area contributed by atoms with Crippen molar-refractivity contribution in [1.29, 1.82) is 0 Å². The summed E-state index contributed by atoms with van der Waals surface area (Å²) in [6, 6.07) is 10.9. The molecule has 2 aromatic rings. The molecule has 0 unspecified atom stereocenters. The van der Waals surface area contributed by atoms with E-state index in [1.807, 2.05) is 25.1 Å². The van der Waals surface area contributed by atoms with Gasteiger partial charge in [-0.05, 0) is 54.8 Å². The highest BCUT2D eigenvalue weighted by Crippen LogP contribution is 2.35. The highest BCUT2D eigenvalue weighted by molar-refractivity contribution is 6.35. The lowest BCUT2D eigenvalue weighted by atomic mass is 10.0. The van der Waals surface area contributed by atoms with Gasteiger partial charge in [0.1, 0.15) is 0 Å². The molecule has 0 fully saturated rings. The molecule has 5 heteroatoms. The second kappa shape index (κ2) is 6.97. The second-order valence-electron chi connectivity index (χ2n) is 5.49. The number of nitrogens with one attached hydrogen (secondary N) is 1. The highest BCUT2D eigenvalue weighted by Gasteiger charge is 2.24. The van der Waals surface area contributed by atoms with E-state index in [0.717, 1.165) is 28.8 Å². The van der Waals surface area contributed by atoms with Crippen LogP contribution in [0.2, 0.25) is 0 Å². The number of hydrogen-bond acceptors (Lipinski definition) is 3. The predicted octanol–water partition coefficient (Wildman–Crippen LogP) is 4.06. The Morgan fingerprint density at radius 3 is 2.83 bits per heavy atom. The van der Waals surface area contributed by atoms with Crippen LogP contribution in [0.3, 0.4) is 0 Å². The van der Waals surface area contributed by atoms with Crippen LogP contribution in [0.4, 0.5) is 5.69 Å². The summed E-state index contributed by atoms with van der Waals surface area (Å²) in [7, 11) is 0. The molecule has 0 radical (unpaired) electrons. The first-order valence-corrected chi connectivity index (χ1v) is 8.34. The summed E-state index contributed by atoms with van der Waals surface area (Å²) in [6.07, 6.45) is 2.55. The van der Waals surface area contributed by atoms with E-state index in [0.29, 0.717) is 23.8 Å². The summed E-state index contributed by atoms with van der Waals surface area (Å²) in [4.78, 5) is 12.3. The maximum Gasteiger partial charge on any atom is 0.256 e. The SMILES string of the molecule is CCOc1cc(C=C2C(=O)Nc3ccc(CCCl)cc32)ccc1O. The van der Waals surface area contributed by atoms with Gasteiger partial charge in [-0.1, -0.05) is 12.1 Å². The molecule has 1 amide bonds. The van der Waals surface area contributed by atoms with Gasteiger partial charge in [-0.3, -0.25) is 4.79 Å². The number of carbonyl (C=O) groups excluding carboxylic acids is 1. The summed E-state index contributed by atoms with van der Waals surface area (Å²) in [6.45, 7) is 2.31. The minimum atomic E-state index is -0.140. The molecule has 3 rings (SSSR count). The van der Waals surface area contributed by atoms with Crippen molar-refractivity contribution in [2.45, 2.75) is 13.3 Å². The molecule has 2 N–H and O–H groups in total. The molecule has 24 heavy (non-hydrogen) atoms. The van der Waals surface area contributed by atoms with Crippen LogP contribution in [0.15, 0.2) is 36.4 Å². The van der Waals surface area contributed by atoms with Gasteiger partial charge in [-0.25, -0.2) is 0 Å². The third kappa shape index (κ3) is 3.24. The Hall–Kier alpha value is -2.46. The van der Waals surface area contributed by atoms with Crippen molar-refractivity contribution >= 4 is 34.8 Å². The number of carbonyl (C=O) groups is 1. The number of halogens is 1. The number of alkyl halides is 1. The van der Waals surface area contributed by atoms with Crippen molar-refractivity contribution < 1.29 is 14.6 Å². The van der Waals surface area contributed by atoms with Gasteiger partial charge in [0, 0.05) is 22.7 Å². The number of aromatic hydroxyl groups is 1. The Morgan fingerprint density at radius 2 is 2.08 bits per heavy atom. The average Bonchev–Trinajstić information content (AvgIpc) is 2.87. The molecule has 0 saturated carbocycles. The number of amides is 1. The first kappa shape index (κ1) is 16.4. The molecule has 0 saturated heterocycles. The number of phenols is 1. The van der Waals surface area contributed by atoms with E-state index in [1.54, 1.807) is 24.3 Å². The third-order valence-corrected chi connectivity index (χ3v) is 4.03. The number of hydrogen-bond donors (Lipinski definition) is 2. The molecule has 124 valence electrons. The minimum Gasteiger partial charge on any atom is -0.504 e. The van der Waals surface area contributed by atoms with Gasteiger partial charge < -0.3 is 15.2 Å². The molecular formula is C19H18ClNO3. The van der Waals surface area contributed by atoms with E-state index >= 15 is 0 Å². The van der Waals surface area contributed by atoms with Crippen molar-refractivity contribution in [2.75, 3.05) is 17.8 Å². The quantitative estimate of drug-likeness (QED) is 0.635. The molecule has 1 aliphatic rings. The number of anilines is 1. The highest BCUT2D eigenvalue weighted by atomic mass is 35.5. The lowest BCUT2D eigenvalue weighted by Gasteiger charge is -2.07. The molecule has 2 aromatic carbocycles. The van der Waals surface area contributed by atoms with Gasteiger partial charge in [0.25, 0.3) is 5.91 Å². The van der Waals surface area contributed by atoms with Crippen LogP contribution >= 0.6 is 11.6 Å². The van der Waals surface area contributed by atoms with Crippen molar-refractivity contribution in [3.8, 4) is 11.5 Å². The molecule has 1 heterocycles.